The van der Waals surface area contributed by atoms with Gasteiger partial charge in [-0.1, -0.05) is 25.3 Å². The van der Waals surface area contributed by atoms with Gasteiger partial charge in [-0.2, -0.15) is 0 Å². The lowest BCUT2D eigenvalue weighted by Gasteiger charge is -2.07. The first-order valence-corrected chi connectivity index (χ1v) is 8.41. The predicted molar refractivity (Wildman–Crippen MR) is 106 cm³/mol. The fourth-order valence-corrected chi connectivity index (χ4v) is 1.29. The molecule has 0 aromatic heterocycles. The molecule has 0 atom stereocenters. The van der Waals surface area contributed by atoms with E-state index in [1.165, 1.54) is 32.0 Å². The molecule has 0 saturated carbocycles. The zero-order chi connectivity index (χ0) is 23.7. The Morgan fingerprint density at radius 1 is 0.833 bits per heavy atom. The van der Waals surface area contributed by atoms with Crippen molar-refractivity contribution in [2.75, 3.05) is 26.4 Å². The summed E-state index contributed by atoms with van der Waals surface area (Å²) in [5.74, 6) is -3.76. The highest BCUT2D eigenvalue weighted by Crippen LogP contribution is 2.10. The van der Waals surface area contributed by atoms with Gasteiger partial charge in [0.1, 0.15) is 6.61 Å². The number of esters is 1. The van der Waals surface area contributed by atoms with E-state index in [0.29, 0.717) is 0 Å². The Balaban J connectivity index is 0. The first-order chi connectivity index (χ1) is 13.9. The van der Waals surface area contributed by atoms with Crippen LogP contribution in [-0.2, 0) is 19.1 Å². The van der Waals surface area contributed by atoms with Crippen LogP contribution in [0.5, 0.6) is 0 Å². The van der Waals surface area contributed by atoms with E-state index < -0.39 is 23.9 Å². The van der Waals surface area contributed by atoms with Crippen LogP contribution in [0.1, 0.15) is 34.6 Å². The third-order valence-electron chi connectivity index (χ3n) is 2.80. The Kier molecular flexibility index (Phi) is 15.7. The second kappa shape index (κ2) is 16.5. The molecule has 0 amide bonds. The molecule has 4 N–H and O–H groups in total. The lowest BCUT2D eigenvalue weighted by atomic mass is 10.1. The number of ether oxygens (including phenoxy) is 2. The van der Waals surface area contributed by atoms with Gasteiger partial charge in [-0.05, 0) is 26.0 Å². The number of benzene rings is 1. The maximum Gasteiger partial charge on any atom is 0.339 e. The zero-order valence-electron chi connectivity index (χ0n) is 16.8. The molecule has 10 heteroatoms. The van der Waals surface area contributed by atoms with Crippen LogP contribution < -0.4 is 0 Å². The maximum absolute atomic E-state index is 11.6. The van der Waals surface area contributed by atoms with Gasteiger partial charge < -0.3 is 29.9 Å². The van der Waals surface area contributed by atoms with Crippen molar-refractivity contribution in [2.45, 2.75) is 13.8 Å². The Bertz CT molecular complexity index is 704. The number of carboxylic acid groups (broad SMARTS) is 3. The van der Waals surface area contributed by atoms with Crippen LogP contribution in [0.3, 0.4) is 0 Å². The van der Waals surface area contributed by atoms with Crippen molar-refractivity contribution in [2.24, 2.45) is 0 Å². The molecule has 166 valence electrons. The van der Waals surface area contributed by atoms with Crippen molar-refractivity contribution in [3.8, 4) is 0 Å². The van der Waals surface area contributed by atoms with E-state index in [4.69, 9.17) is 29.9 Å². The summed E-state index contributed by atoms with van der Waals surface area (Å²) in [7, 11) is 0. The average molecular weight is 426 g/mol. The minimum Gasteiger partial charge on any atom is -0.478 e. The van der Waals surface area contributed by atoms with E-state index >= 15 is 0 Å². The van der Waals surface area contributed by atoms with Crippen LogP contribution in [0.25, 0.3) is 0 Å². The van der Waals surface area contributed by atoms with Crippen molar-refractivity contribution in [1.82, 2.24) is 0 Å². The molecule has 0 aliphatic rings. The van der Waals surface area contributed by atoms with Gasteiger partial charge in [0, 0.05) is 11.1 Å². The number of hydrogen-bond acceptors (Lipinski definition) is 7. The van der Waals surface area contributed by atoms with Crippen LogP contribution in [0.2, 0.25) is 0 Å². The second-order valence-corrected chi connectivity index (χ2v) is 5.49. The van der Waals surface area contributed by atoms with Gasteiger partial charge >= 0.3 is 23.9 Å². The highest BCUT2D eigenvalue weighted by molar-refractivity contribution is 6.02. The quantitative estimate of drug-likeness (QED) is 0.260. The Morgan fingerprint density at radius 3 is 1.63 bits per heavy atom. The molecular formula is C20H26O10. The molecule has 0 spiro atoms. The average Bonchev–Trinajstić information content (AvgIpc) is 2.68. The molecule has 1 rings (SSSR count). The van der Waals surface area contributed by atoms with Crippen LogP contribution in [-0.4, -0.2) is 70.7 Å². The van der Waals surface area contributed by atoms with Crippen LogP contribution in [0.15, 0.2) is 48.6 Å². The molecule has 10 nitrogen and oxygen atoms in total. The molecule has 0 radical (unpaired) electrons. The molecule has 0 bridgehead atoms. The number of aliphatic hydroxyl groups is 1. The summed E-state index contributed by atoms with van der Waals surface area (Å²) in [4.78, 5) is 41.7. The molecule has 0 saturated heterocycles. The topological polar surface area (TPSA) is 168 Å². The third kappa shape index (κ3) is 14.5. The van der Waals surface area contributed by atoms with Gasteiger partial charge in [-0.3, -0.25) is 0 Å². The van der Waals surface area contributed by atoms with Gasteiger partial charge in [0.05, 0.1) is 30.9 Å². The Morgan fingerprint density at radius 2 is 1.27 bits per heavy atom. The molecule has 1 aromatic rings. The van der Waals surface area contributed by atoms with E-state index in [2.05, 4.69) is 13.2 Å². The summed E-state index contributed by atoms with van der Waals surface area (Å²) < 4.78 is 9.76. The summed E-state index contributed by atoms with van der Waals surface area (Å²) in [5, 5.41) is 33.1. The largest absolute Gasteiger partial charge is 0.478 e. The molecule has 0 aliphatic carbocycles. The molecule has 0 heterocycles. The van der Waals surface area contributed by atoms with E-state index in [-0.39, 0.29) is 48.7 Å². The van der Waals surface area contributed by atoms with E-state index in [0.717, 1.165) is 0 Å². The normalized spacial score (nSPS) is 9.03. The maximum atomic E-state index is 11.6. The van der Waals surface area contributed by atoms with Crippen molar-refractivity contribution in [3.05, 3.63) is 59.7 Å². The van der Waals surface area contributed by atoms with Gasteiger partial charge in [-0.25, -0.2) is 19.2 Å². The smallest absolute Gasteiger partial charge is 0.339 e. The number of carbonyl (C=O) groups excluding carboxylic acids is 1. The van der Waals surface area contributed by atoms with E-state index in [9.17, 15) is 19.2 Å². The standard InChI is InChI=1S/C12H14O6.2C4H6O2/c13-5-6-17-7-8-18-12(16)10-4-2-1-3-9(10)11(14)15;2*1-3(2)4(5)6/h1-4,13H,5-8H2,(H,14,15);2*1H2,2H3,(H,5,6). The first kappa shape index (κ1) is 28.7. The van der Waals surface area contributed by atoms with Gasteiger partial charge in [0.25, 0.3) is 0 Å². The minimum atomic E-state index is -1.18. The minimum absolute atomic E-state index is 0.00663. The van der Waals surface area contributed by atoms with E-state index in [1.54, 1.807) is 6.07 Å². The third-order valence-corrected chi connectivity index (χ3v) is 2.80. The van der Waals surface area contributed by atoms with Crippen molar-refractivity contribution >= 4 is 23.9 Å². The Hall–Kier alpha value is -3.50. The number of hydrogen-bond donors (Lipinski definition) is 4. The lowest BCUT2D eigenvalue weighted by molar-refractivity contribution is -0.133. The first-order valence-electron chi connectivity index (χ1n) is 8.41. The fourth-order valence-electron chi connectivity index (χ4n) is 1.29. The number of rotatable bonds is 9. The Labute approximate surface area is 173 Å². The summed E-state index contributed by atoms with van der Waals surface area (Å²) in [6, 6.07) is 5.82. The summed E-state index contributed by atoms with van der Waals surface area (Å²) in [6.45, 7) is 9.43. The number of aromatic carboxylic acids is 1. The van der Waals surface area contributed by atoms with Crippen LogP contribution in [0.4, 0.5) is 0 Å². The molecule has 30 heavy (non-hydrogen) atoms. The number of carbonyl (C=O) groups is 4. The van der Waals surface area contributed by atoms with Crippen LogP contribution in [0, 0.1) is 0 Å². The number of aliphatic carboxylic acids is 2. The highest BCUT2D eigenvalue weighted by atomic mass is 16.6. The summed E-state index contributed by atoms with van der Waals surface area (Å²) >= 11 is 0. The predicted octanol–water partition coefficient (Wildman–Crippen LogP) is 1.84. The number of aliphatic hydroxyl groups excluding tert-OH is 1. The van der Waals surface area contributed by atoms with Crippen LogP contribution >= 0.6 is 0 Å². The second-order valence-electron chi connectivity index (χ2n) is 5.49. The molecule has 0 unspecified atom stereocenters. The fraction of sp³-hybridized carbons (Fsp3) is 0.300. The monoisotopic (exact) mass is 426 g/mol. The van der Waals surface area contributed by atoms with Gasteiger partial charge in [0.2, 0.25) is 0 Å². The SMILES string of the molecule is C=C(C)C(=O)O.C=C(C)C(=O)O.O=C(O)c1ccccc1C(=O)OCCOCCO. The van der Waals surface area contributed by atoms with E-state index in [1.807, 2.05) is 0 Å². The molecule has 0 aliphatic heterocycles. The summed E-state index contributed by atoms with van der Waals surface area (Å²) in [6.07, 6.45) is 0. The highest BCUT2D eigenvalue weighted by Gasteiger charge is 2.16. The zero-order valence-corrected chi connectivity index (χ0v) is 16.8. The molecular weight excluding hydrogens is 400 g/mol. The lowest BCUT2D eigenvalue weighted by Crippen LogP contribution is -2.15. The van der Waals surface area contributed by atoms with Crippen molar-refractivity contribution in [3.63, 3.8) is 0 Å². The summed E-state index contributed by atoms with van der Waals surface area (Å²) in [5.41, 5.74) is 0.260. The molecule has 1 aromatic carbocycles. The van der Waals surface area contributed by atoms with Crippen molar-refractivity contribution in [1.29, 1.82) is 0 Å². The van der Waals surface area contributed by atoms with Gasteiger partial charge in [0.15, 0.2) is 0 Å². The van der Waals surface area contributed by atoms with Gasteiger partial charge in [-0.15, -0.1) is 0 Å². The van der Waals surface area contributed by atoms with Crippen molar-refractivity contribution < 1.29 is 49.1 Å². The number of carboxylic acids is 3. The molecule has 0 fully saturated rings.